The maximum absolute atomic E-state index is 12.6. The summed E-state index contributed by atoms with van der Waals surface area (Å²) in [6.45, 7) is 4.12. The molecule has 1 aliphatic heterocycles. The number of rotatable bonds is 6. The first kappa shape index (κ1) is 21.8. The molecule has 5 rings (SSSR count). The van der Waals surface area contributed by atoms with Crippen LogP contribution in [-0.2, 0) is 0 Å². The smallest absolute Gasteiger partial charge is 0.271 e. The zero-order valence-corrected chi connectivity index (χ0v) is 19.3. The molecule has 0 spiro atoms. The molecule has 1 amide bonds. The van der Waals surface area contributed by atoms with E-state index in [2.05, 4.69) is 51.2 Å². The normalized spacial score (nSPS) is 14.0. The molecule has 172 valence electrons. The van der Waals surface area contributed by atoms with E-state index in [1.165, 1.54) is 25.5 Å². The zero-order valence-electron chi connectivity index (χ0n) is 19.3. The fourth-order valence-electron chi connectivity index (χ4n) is 4.39. The van der Waals surface area contributed by atoms with Gasteiger partial charge in [-0.25, -0.2) is 5.43 Å². The number of benzene rings is 2. The van der Waals surface area contributed by atoms with Crippen molar-refractivity contribution in [3.63, 3.8) is 0 Å². The predicted octanol–water partition coefficient (Wildman–Crippen LogP) is 5.80. The van der Waals surface area contributed by atoms with Crippen molar-refractivity contribution < 1.29 is 9.21 Å². The first-order chi connectivity index (χ1) is 16.7. The molecule has 3 heterocycles. The molecule has 0 unspecified atom stereocenters. The average Bonchev–Trinajstić information content (AvgIpc) is 3.52. The topological polar surface area (TPSA) is 62.8 Å². The Morgan fingerprint density at radius 2 is 1.68 bits per heavy atom. The fraction of sp³-hybridized carbons (Fsp3) is 0.214. The summed E-state index contributed by atoms with van der Waals surface area (Å²) in [7, 11) is 0. The van der Waals surface area contributed by atoms with Crippen LogP contribution in [0.15, 0.2) is 88.4 Å². The van der Waals surface area contributed by atoms with E-state index in [9.17, 15) is 4.79 Å². The van der Waals surface area contributed by atoms with E-state index in [1.54, 1.807) is 0 Å². The minimum Gasteiger partial charge on any atom is -0.440 e. The number of nitrogens with zero attached hydrogens (tertiary/aromatic N) is 3. The summed E-state index contributed by atoms with van der Waals surface area (Å²) < 4.78 is 8.04. The van der Waals surface area contributed by atoms with Gasteiger partial charge in [0.1, 0.15) is 5.76 Å². The summed E-state index contributed by atoms with van der Waals surface area (Å²) in [6, 6.07) is 25.9. The van der Waals surface area contributed by atoms with Crippen molar-refractivity contribution in [3.8, 4) is 16.9 Å². The zero-order chi connectivity index (χ0) is 23.3. The van der Waals surface area contributed by atoms with Gasteiger partial charge >= 0.3 is 0 Å². The molecule has 6 heteroatoms. The van der Waals surface area contributed by atoms with Crippen LogP contribution in [0.3, 0.4) is 0 Å². The number of hydrazone groups is 1. The van der Waals surface area contributed by atoms with Gasteiger partial charge in [-0.2, -0.15) is 5.10 Å². The summed E-state index contributed by atoms with van der Waals surface area (Å²) in [6.07, 6.45) is 5.19. The third-order valence-electron chi connectivity index (χ3n) is 6.17. The van der Waals surface area contributed by atoms with Gasteiger partial charge in [-0.05, 0) is 74.2 Å². The Morgan fingerprint density at radius 1 is 0.912 bits per heavy atom. The number of hydrogen-bond acceptors (Lipinski definition) is 4. The van der Waals surface area contributed by atoms with E-state index >= 15 is 0 Å². The number of hydrogen-bond donors (Lipinski definition) is 1. The highest BCUT2D eigenvalue weighted by Gasteiger charge is 2.14. The molecule has 2 aromatic heterocycles. The van der Waals surface area contributed by atoms with Gasteiger partial charge in [0.2, 0.25) is 0 Å². The first-order valence-corrected chi connectivity index (χ1v) is 11.7. The highest BCUT2D eigenvalue weighted by atomic mass is 16.4. The number of furan rings is 1. The second kappa shape index (κ2) is 9.83. The van der Waals surface area contributed by atoms with Crippen LogP contribution in [0.2, 0.25) is 0 Å². The van der Waals surface area contributed by atoms with Gasteiger partial charge in [0.15, 0.2) is 5.88 Å². The van der Waals surface area contributed by atoms with E-state index in [4.69, 9.17) is 4.42 Å². The molecular formula is C28H28N4O2. The van der Waals surface area contributed by atoms with Crippen molar-refractivity contribution >= 4 is 18.0 Å². The molecule has 34 heavy (non-hydrogen) atoms. The van der Waals surface area contributed by atoms with Crippen LogP contribution in [0, 0.1) is 6.92 Å². The number of carbonyl (C=O) groups is 1. The largest absolute Gasteiger partial charge is 0.440 e. The SMILES string of the molecule is Cc1ccc(-c2ccccc2)n1-c1ccc(C(=O)N/N=C/c2ccc(N3CCCCC3)o2)cc1. The van der Waals surface area contributed by atoms with E-state index in [1.807, 2.05) is 54.6 Å². The number of carbonyl (C=O) groups excluding carboxylic acids is 1. The van der Waals surface area contributed by atoms with Crippen molar-refractivity contribution in [1.82, 2.24) is 9.99 Å². The number of piperidine rings is 1. The van der Waals surface area contributed by atoms with Crippen molar-refractivity contribution in [2.24, 2.45) is 5.10 Å². The molecule has 1 fully saturated rings. The number of aryl methyl sites for hydroxylation is 1. The number of anilines is 1. The van der Waals surface area contributed by atoms with Gasteiger partial charge < -0.3 is 13.9 Å². The molecule has 4 aromatic rings. The summed E-state index contributed by atoms with van der Waals surface area (Å²) in [5, 5.41) is 4.07. The van der Waals surface area contributed by atoms with Crippen LogP contribution in [0.25, 0.3) is 16.9 Å². The minimum atomic E-state index is -0.266. The Balaban J connectivity index is 1.25. The van der Waals surface area contributed by atoms with Crippen molar-refractivity contribution in [3.05, 3.63) is 95.9 Å². The lowest BCUT2D eigenvalue weighted by Crippen LogP contribution is -2.28. The maximum atomic E-state index is 12.6. The van der Waals surface area contributed by atoms with Gasteiger partial charge in [0, 0.05) is 36.1 Å². The number of aromatic nitrogens is 1. The molecule has 1 N–H and O–H groups in total. The van der Waals surface area contributed by atoms with Crippen molar-refractivity contribution in [2.75, 3.05) is 18.0 Å². The molecule has 0 radical (unpaired) electrons. The molecule has 6 nitrogen and oxygen atoms in total. The summed E-state index contributed by atoms with van der Waals surface area (Å²) in [5.74, 6) is 1.21. The van der Waals surface area contributed by atoms with Gasteiger partial charge in [0.25, 0.3) is 5.91 Å². The van der Waals surface area contributed by atoms with Gasteiger partial charge in [-0.1, -0.05) is 30.3 Å². The Kier molecular flexibility index (Phi) is 6.29. The third-order valence-corrected chi connectivity index (χ3v) is 6.17. The van der Waals surface area contributed by atoms with E-state index in [0.29, 0.717) is 11.3 Å². The second-order valence-electron chi connectivity index (χ2n) is 8.53. The second-order valence-corrected chi connectivity index (χ2v) is 8.53. The standard InChI is InChI=1S/C28H28N4O2/c1-21-10-16-26(22-8-4-2-5-9-22)32(21)24-13-11-23(12-14-24)28(33)30-29-20-25-15-17-27(34-25)31-18-6-3-7-19-31/h2,4-5,8-17,20H,3,6-7,18-19H2,1H3,(H,30,33)/b29-20+. The monoisotopic (exact) mass is 452 g/mol. The predicted molar refractivity (Wildman–Crippen MR) is 136 cm³/mol. The quantitative estimate of drug-likeness (QED) is 0.297. The van der Waals surface area contributed by atoms with E-state index in [0.717, 1.165) is 41.6 Å². The first-order valence-electron chi connectivity index (χ1n) is 11.7. The highest BCUT2D eigenvalue weighted by Crippen LogP contribution is 2.26. The highest BCUT2D eigenvalue weighted by molar-refractivity contribution is 5.95. The molecule has 1 aliphatic rings. The van der Waals surface area contributed by atoms with E-state index < -0.39 is 0 Å². The van der Waals surface area contributed by atoms with Crippen LogP contribution < -0.4 is 10.3 Å². The van der Waals surface area contributed by atoms with Gasteiger partial charge in [0.05, 0.1) is 11.9 Å². The molecule has 0 saturated carbocycles. The summed E-state index contributed by atoms with van der Waals surface area (Å²) >= 11 is 0. The van der Waals surface area contributed by atoms with Crippen molar-refractivity contribution in [2.45, 2.75) is 26.2 Å². The van der Waals surface area contributed by atoms with Gasteiger partial charge in [-0.15, -0.1) is 0 Å². The Labute approximate surface area is 199 Å². The maximum Gasteiger partial charge on any atom is 0.271 e. The van der Waals surface area contributed by atoms with Gasteiger partial charge in [-0.3, -0.25) is 4.79 Å². The Morgan fingerprint density at radius 3 is 2.44 bits per heavy atom. The van der Waals surface area contributed by atoms with Crippen molar-refractivity contribution in [1.29, 1.82) is 0 Å². The Hall–Kier alpha value is -4.06. The van der Waals surface area contributed by atoms with Crippen LogP contribution in [-0.4, -0.2) is 29.8 Å². The van der Waals surface area contributed by atoms with Crippen LogP contribution in [0.5, 0.6) is 0 Å². The van der Waals surface area contributed by atoms with E-state index in [-0.39, 0.29) is 5.91 Å². The lowest BCUT2D eigenvalue weighted by molar-refractivity contribution is 0.0955. The summed E-state index contributed by atoms with van der Waals surface area (Å²) in [4.78, 5) is 14.8. The van der Waals surface area contributed by atoms with Crippen LogP contribution in [0.4, 0.5) is 5.88 Å². The number of amides is 1. The molecule has 2 aromatic carbocycles. The van der Waals surface area contributed by atoms with Crippen LogP contribution in [0.1, 0.15) is 41.1 Å². The molecule has 0 bridgehead atoms. The molecular weight excluding hydrogens is 424 g/mol. The third kappa shape index (κ3) is 4.66. The lowest BCUT2D eigenvalue weighted by atomic mass is 10.1. The molecule has 1 saturated heterocycles. The average molecular weight is 453 g/mol. The van der Waals surface area contributed by atoms with Crippen LogP contribution >= 0.6 is 0 Å². The lowest BCUT2D eigenvalue weighted by Gasteiger charge is -2.25. The molecule has 0 atom stereocenters. The summed E-state index contributed by atoms with van der Waals surface area (Å²) in [5.41, 5.74) is 7.52. The minimum absolute atomic E-state index is 0.266. The fourth-order valence-corrected chi connectivity index (χ4v) is 4.39. The Bertz CT molecular complexity index is 1280. The number of nitrogens with one attached hydrogen (secondary N) is 1. The molecule has 0 aliphatic carbocycles.